The highest BCUT2D eigenvalue weighted by molar-refractivity contribution is 5.95. The second kappa shape index (κ2) is 5.04. The van der Waals surface area contributed by atoms with Crippen molar-refractivity contribution in [2.24, 2.45) is 0 Å². The minimum atomic E-state index is -0.556. The Bertz CT molecular complexity index is 552. The van der Waals surface area contributed by atoms with Gasteiger partial charge in [-0.25, -0.2) is 0 Å². The summed E-state index contributed by atoms with van der Waals surface area (Å²) in [5.41, 5.74) is 1.85. The van der Waals surface area contributed by atoms with Crippen molar-refractivity contribution in [1.29, 1.82) is 0 Å². The lowest BCUT2D eigenvalue weighted by molar-refractivity contribution is -0.141. The number of ketones is 1. The molecule has 3 rings (SSSR count). The molecule has 3 nitrogen and oxygen atoms in total. The monoisotopic (exact) mass is 271 g/mol. The van der Waals surface area contributed by atoms with Crippen LogP contribution in [0, 0.1) is 6.92 Å². The number of Topliss-reactive ketones (excluding diaryl/α,β-unsaturated/α-hetero) is 1. The highest BCUT2D eigenvalue weighted by Gasteiger charge is 2.49. The molecule has 0 unspecified atom stereocenters. The lowest BCUT2D eigenvalue weighted by Crippen LogP contribution is -2.53. The van der Waals surface area contributed by atoms with E-state index in [1.165, 1.54) is 11.1 Å². The van der Waals surface area contributed by atoms with Crippen molar-refractivity contribution in [3.63, 3.8) is 0 Å². The molecule has 2 aliphatic heterocycles. The first kappa shape index (κ1) is 13.3. The van der Waals surface area contributed by atoms with E-state index in [0.29, 0.717) is 25.7 Å². The second-order valence-electron chi connectivity index (χ2n) is 6.06. The average molecular weight is 271 g/mol. The van der Waals surface area contributed by atoms with Gasteiger partial charge in [-0.2, -0.15) is 0 Å². The zero-order chi connectivity index (χ0) is 14.2. The fourth-order valence-corrected chi connectivity index (χ4v) is 3.71. The molecule has 0 saturated carbocycles. The number of rotatable bonds is 2. The van der Waals surface area contributed by atoms with Crippen LogP contribution in [0.5, 0.6) is 0 Å². The number of hydrogen-bond acceptors (Lipinski definition) is 2. The first-order chi connectivity index (χ1) is 9.63. The predicted octanol–water partition coefficient (Wildman–Crippen LogP) is 2.65. The molecule has 1 amide bonds. The fourth-order valence-electron chi connectivity index (χ4n) is 3.71. The molecule has 2 aliphatic rings. The smallest absolute Gasteiger partial charge is 0.223 e. The number of nitrogens with zero attached hydrogens (tertiary/aromatic N) is 1. The molecular formula is C17H21NO2. The van der Waals surface area contributed by atoms with Crippen LogP contribution >= 0.6 is 0 Å². The molecule has 1 aromatic carbocycles. The van der Waals surface area contributed by atoms with Crippen LogP contribution in [0.15, 0.2) is 24.3 Å². The number of aryl methyl sites for hydroxylation is 1. The van der Waals surface area contributed by atoms with E-state index >= 15 is 0 Å². The van der Waals surface area contributed by atoms with Gasteiger partial charge in [0.1, 0.15) is 5.54 Å². The third-order valence-electron chi connectivity index (χ3n) is 4.85. The summed E-state index contributed by atoms with van der Waals surface area (Å²) in [4.78, 5) is 26.9. The summed E-state index contributed by atoms with van der Waals surface area (Å²) < 4.78 is 0. The SMILES string of the molecule is Cc1ccccc1C[C@@]12CCCN1C(=O)CCCC2=O. The Morgan fingerprint density at radius 2 is 1.95 bits per heavy atom. The van der Waals surface area contributed by atoms with E-state index < -0.39 is 5.54 Å². The normalized spacial score (nSPS) is 26.6. The van der Waals surface area contributed by atoms with Crippen LogP contribution in [-0.2, 0) is 16.0 Å². The van der Waals surface area contributed by atoms with E-state index in [9.17, 15) is 9.59 Å². The zero-order valence-corrected chi connectivity index (χ0v) is 12.0. The van der Waals surface area contributed by atoms with E-state index in [2.05, 4.69) is 19.1 Å². The van der Waals surface area contributed by atoms with Crippen molar-refractivity contribution in [3.8, 4) is 0 Å². The van der Waals surface area contributed by atoms with E-state index in [-0.39, 0.29) is 11.7 Å². The van der Waals surface area contributed by atoms with Gasteiger partial charge in [-0.05, 0) is 37.3 Å². The molecule has 1 atom stereocenters. The minimum Gasteiger partial charge on any atom is -0.330 e. The van der Waals surface area contributed by atoms with E-state index in [4.69, 9.17) is 0 Å². The summed E-state index contributed by atoms with van der Waals surface area (Å²) in [6, 6.07) is 8.20. The summed E-state index contributed by atoms with van der Waals surface area (Å²) >= 11 is 0. The predicted molar refractivity (Wildman–Crippen MR) is 77.4 cm³/mol. The quantitative estimate of drug-likeness (QED) is 0.829. The van der Waals surface area contributed by atoms with Gasteiger partial charge in [0.2, 0.25) is 5.91 Å². The molecule has 0 aliphatic carbocycles. The second-order valence-corrected chi connectivity index (χ2v) is 6.06. The number of carbonyl (C=O) groups is 2. The van der Waals surface area contributed by atoms with Crippen LogP contribution < -0.4 is 0 Å². The maximum Gasteiger partial charge on any atom is 0.223 e. The van der Waals surface area contributed by atoms with Crippen LogP contribution in [0.4, 0.5) is 0 Å². The largest absolute Gasteiger partial charge is 0.330 e. The lowest BCUT2D eigenvalue weighted by atomic mass is 9.82. The zero-order valence-electron chi connectivity index (χ0n) is 12.0. The topological polar surface area (TPSA) is 37.4 Å². The molecule has 20 heavy (non-hydrogen) atoms. The molecule has 106 valence electrons. The molecule has 0 spiro atoms. The standard InChI is InChI=1S/C17H21NO2/c1-13-6-2-3-7-14(13)12-17-10-5-11-18(17)16(20)9-4-8-15(17)19/h2-3,6-7H,4-5,8-12H2,1H3/t17-/m1/s1. The molecule has 1 aromatic rings. The van der Waals surface area contributed by atoms with Gasteiger partial charge in [0, 0.05) is 25.8 Å². The van der Waals surface area contributed by atoms with Crippen molar-refractivity contribution in [2.75, 3.05) is 6.54 Å². The van der Waals surface area contributed by atoms with Crippen LogP contribution in [0.3, 0.4) is 0 Å². The molecule has 0 bridgehead atoms. The maximum absolute atomic E-state index is 12.7. The minimum absolute atomic E-state index is 0.168. The molecule has 0 radical (unpaired) electrons. The lowest BCUT2D eigenvalue weighted by Gasteiger charge is -2.36. The van der Waals surface area contributed by atoms with Gasteiger partial charge in [-0.3, -0.25) is 9.59 Å². The summed E-state index contributed by atoms with van der Waals surface area (Å²) in [6.45, 7) is 2.82. The van der Waals surface area contributed by atoms with Crippen LogP contribution in [0.25, 0.3) is 0 Å². The molecule has 3 heteroatoms. The number of hydrogen-bond donors (Lipinski definition) is 0. The number of fused-ring (bicyclic) bond motifs is 1. The van der Waals surface area contributed by atoms with Crippen molar-refractivity contribution in [2.45, 2.75) is 51.0 Å². The summed E-state index contributed by atoms with van der Waals surface area (Å²) in [5, 5.41) is 0. The van der Waals surface area contributed by atoms with Crippen molar-refractivity contribution in [1.82, 2.24) is 4.90 Å². The van der Waals surface area contributed by atoms with E-state index in [0.717, 1.165) is 19.4 Å². The van der Waals surface area contributed by atoms with Crippen LogP contribution in [0.2, 0.25) is 0 Å². The number of benzene rings is 1. The summed E-state index contributed by atoms with van der Waals surface area (Å²) in [7, 11) is 0. The Morgan fingerprint density at radius 1 is 1.15 bits per heavy atom. The van der Waals surface area contributed by atoms with Gasteiger partial charge >= 0.3 is 0 Å². The first-order valence-electron chi connectivity index (χ1n) is 7.52. The Balaban J connectivity index is 2.00. The molecule has 0 N–H and O–H groups in total. The van der Waals surface area contributed by atoms with Gasteiger partial charge in [0.05, 0.1) is 0 Å². The van der Waals surface area contributed by atoms with E-state index in [1.807, 2.05) is 17.0 Å². The highest BCUT2D eigenvalue weighted by Crippen LogP contribution is 2.38. The maximum atomic E-state index is 12.7. The van der Waals surface area contributed by atoms with Gasteiger partial charge < -0.3 is 4.90 Å². The number of carbonyl (C=O) groups excluding carboxylic acids is 2. The average Bonchev–Trinajstić information content (AvgIpc) is 2.82. The third-order valence-corrected chi connectivity index (χ3v) is 4.85. The van der Waals surface area contributed by atoms with Crippen LogP contribution in [0.1, 0.15) is 43.2 Å². The molecule has 2 saturated heterocycles. The molecule has 0 aromatic heterocycles. The van der Waals surface area contributed by atoms with Crippen LogP contribution in [-0.4, -0.2) is 28.7 Å². The highest BCUT2D eigenvalue weighted by atomic mass is 16.2. The fraction of sp³-hybridized carbons (Fsp3) is 0.529. The molecule has 2 fully saturated rings. The third kappa shape index (κ3) is 2.05. The van der Waals surface area contributed by atoms with Gasteiger partial charge in [0.15, 0.2) is 5.78 Å². The van der Waals surface area contributed by atoms with Gasteiger partial charge in [-0.1, -0.05) is 24.3 Å². The summed E-state index contributed by atoms with van der Waals surface area (Å²) in [6.07, 6.45) is 4.25. The molecule has 2 heterocycles. The Kier molecular flexibility index (Phi) is 3.36. The number of amides is 1. The Labute approximate surface area is 120 Å². The van der Waals surface area contributed by atoms with Crippen molar-refractivity contribution in [3.05, 3.63) is 35.4 Å². The van der Waals surface area contributed by atoms with E-state index in [1.54, 1.807) is 0 Å². The Hall–Kier alpha value is -1.64. The molecular weight excluding hydrogens is 250 g/mol. The van der Waals surface area contributed by atoms with Gasteiger partial charge in [0.25, 0.3) is 0 Å². The Morgan fingerprint density at radius 3 is 2.75 bits per heavy atom. The summed E-state index contributed by atoms with van der Waals surface area (Å²) in [5.74, 6) is 0.436. The van der Waals surface area contributed by atoms with Crippen molar-refractivity contribution < 1.29 is 9.59 Å². The van der Waals surface area contributed by atoms with Gasteiger partial charge in [-0.15, -0.1) is 0 Å². The first-order valence-corrected chi connectivity index (χ1v) is 7.52. The van der Waals surface area contributed by atoms with Crippen molar-refractivity contribution >= 4 is 11.7 Å².